The molecule has 3 aromatic carbocycles. The fraction of sp³-hybridized carbons (Fsp3) is 0. The first-order valence-electron chi connectivity index (χ1n) is 14.0. The van der Waals surface area contributed by atoms with Crippen LogP contribution in [-0.4, -0.2) is 16.4 Å². The maximum Gasteiger partial charge on any atom is 0.171 e. The molecule has 24 N–H and O–H groups in total. The van der Waals surface area contributed by atoms with Crippen LogP contribution in [0, 0.1) is 244 Å². The van der Waals surface area contributed by atoms with E-state index in [1.165, 1.54) is 0 Å². The van der Waals surface area contributed by atoms with E-state index >= 15 is 0 Å². The molecule has 0 radical (unpaired) electrons. The van der Waals surface area contributed by atoms with Crippen LogP contribution in [0.3, 0.4) is 0 Å². The number of hydrogen-bond acceptors (Lipinski definition) is 12. The summed E-state index contributed by atoms with van der Waals surface area (Å²) in [5.74, 6) is -24.3. The molecule has 0 aliphatic heterocycles. The van der Waals surface area contributed by atoms with Crippen molar-refractivity contribution in [3.8, 4) is 72.8 Å². The molecule has 0 fully saturated rings. The minimum atomic E-state index is -2.03. The zero-order chi connectivity index (χ0) is 46.3. The first-order chi connectivity index (χ1) is 28.3. The first kappa shape index (κ1) is 84.3. The van der Waals surface area contributed by atoms with Gasteiger partial charge in [0.1, 0.15) is 106 Å². The van der Waals surface area contributed by atoms with E-state index in [0.717, 1.165) is 72.8 Å². The van der Waals surface area contributed by atoms with Gasteiger partial charge in [-0.25, -0.2) is 52.7 Å². The molecular weight excluding hydrogens is 1130 g/mol. The van der Waals surface area contributed by atoms with Crippen LogP contribution in [0.25, 0.3) is 33.4 Å². The Kier molecular flexibility index (Phi) is 44.5. The van der Waals surface area contributed by atoms with Gasteiger partial charge in [0.2, 0.25) is 0 Å². The van der Waals surface area contributed by atoms with E-state index in [9.17, 15) is 52.7 Å². The molecule has 34 heteroatoms. The number of nitrogens with zero attached hydrogens (tertiary/aromatic N) is 12. The van der Waals surface area contributed by atoms with Crippen molar-refractivity contribution < 1.29 is 140 Å². The second-order valence-electron chi connectivity index (χ2n) is 9.61. The van der Waals surface area contributed by atoms with Crippen LogP contribution in [0.2, 0.25) is 0 Å². The number of nitriles is 12. The molecule has 0 atom stereocenters. The number of hydrogen-bond donors (Lipinski definition) is 0. The van der Waals surface area contributed by atoms with E-state index in [-0.39, 0.29) is 87.5 Å². The minimum absolute atomic E-state index is 0. The Morgan fingerprint density at radius 1 is 0.200 bits per heavy atom. The number of halogens is 12. The van der Waals surface area contributed by atoms with Crippen LogP contribution >= 0.6 is 0 Å². The van der Waals surface area contributed by atoms with E-state index in [0.29, 0.717) is 0 Å². The number of benzene rings is 3. The molecule has 0 aliphatic rings. The van der Waals surface area contributed by atoms with E-state index in [1.807, 2.05) is 0 Å². The Morgan fingerprint density at radius 2 is 0.257 bits per heavy atom. The van der Waals surface area contributed by atoms with Crippen molar-refractivity contribution in [1.29, 1.82) is 63.1 Å². The molecular formula is C36H24DyF12N12O9+6. The molecule has 3 rings (SSSR count). The quantitative estimate of drug-likeness (QED) is 0.115. The minimum Gasteiger partial charge on any atom is -0.457 e. The van der Waals surface area contributed by atoms with Gasteiger partial charge in [0, 0.05) is 38.2 Å². The van der Waals surface area contributed by atoms with E-state index in [2.05, 4.69) is 0 Å². The van der Waals surface area contributed by atoms with E-state index < -0.39 is 135 Å². The standard InChI is InChI=1S/3C12F4N4.Dy.9H2O/c3*13-9-7(5(1-17)2-18)10(14)12(16)8(11(9)15)6(3-19)4-20;;;;;;;;;;/h;;;;9*1H2/p+6. The normalized spacial score (nSPS) is 7.54. The summed E-state index contributed by atoms with van der Waals surface area (Å²) in [6, 6.07) is 13.0. The second kappa shape index (κ2) is 37.0. The maximum atomic E-state index is 13.6. The van der Waals surface area contributed by atoms with Crippen molar-refractivity contribution in [2.75, 3.05) is 0 Å². The molecule has 0 bridgehead atoms. The summed E-state index contributed by atoms with van der Waals surface area (Å²) in [5.41, 5.74) is -7.08. The predicted molar refractivity (Wildman–Crippen MR) is 204 cm³/mol. The van der Waals surface area contributed by atoms with Crippen LogP contribution in [0.5, 0.6) is 0 Å². The van der Waals surface area contributed by atoms with Crippen LogP contribution in [0.15, 0.2) is 0 Å². The zero-order valence-electron chi connectivity index (χ0n) is 33.2. The molecule has 0 amide bonds. The van der Waals surface area contributed by atoms with Gasteiger partial charge in [-0.3, -0.25) is 0 Å². The molecule has 0 unspecified atom stereocenters. The Hall–Kier alpha value is -9.17. The second-order valence-corrected chi connectivity index (χ2v) is 9.61. The Morgan fingerprint density at radius 3 is 0.300 bits per heavy atom. The van der Waals surface area contributed by atoms with E-state index in [4.69, 9.17) is 63.1 Å². The fourth-order valence-electron chi connectivity index (χ4n) is 4.03. The zero-order valence-corrected chi connectivity index (χ0v) is 35.2. The summed E-state index contributed by atoms with van der Waals surface area (Å²) in [6.07, 6.45) is 0. The van der Waals surface area contributed by atoms with Crippen molar-refractivity contribution in [3.63, 3.8) is 0 Å². The molecule has 0 aromatic heterocycles. The number of rotatable bonds is 0. The van der Waals surface area contributed by atoms with Crippen LogP contribution < -0.4 is 31.3 Å². The van der Waals surface area contributed by atoms with Gasteiger partial charge >= 0.3 is 0 Å². The molecule has 0 saturated carbocycles. The predicted octanol–water partition coefficient (Wildman–Crippen LogP) is -6.09. The Labute approximate surface area is 409 Å². The Balaban J connectivity index is -0.0000000900. The molecule has 70 heavy (non-hydrogen) atoms. The first-order valence-corrected chi connectivity index (χ1v) is 14.0. The maximum absolute atomic E-state index is 13.6. The van der Waals surface area contributed by atoms with Gasteiger partial charge in [-0.1, -0.05) is 0 Å². The molecule has 0 heterocycles. The third kappa shape index (κ3) is 16.0. The third-order valence-corrected chi connectivity index (χ3v) is 6.63. The third-order valence-electron chi connectivity index (χ3n) is 6.63. The summed E-state index contributed by atoms with van der Waals surface area (Å²) < 4.78 is 163. The molecule has 0 spiro atoms. The van der Waals surface area contributed by atoms with Gasteiger partial charge in [-0.05, 0) is 0 Å². The topological polar surface area (TPSA) is 578 Å². The summed E-state index contributed by atoms with van der Waals surface area (Å²) >= 11 is 0. The summed E-state index contributed by atoms with van der Waals surface area (Å²) in [6.45, 7) is 0. The van der Waals surface area contributed by atoms with Crippen LogP contribution in [0.1, 0.15) is 0 Å². The van der Waals surface area contributed by atoms with Crippen molar-refractivity contribution in [2.45, 2.75) is 0 Å². The van der Waals surface area contributed by atoms with Crippen molar-refractivity contribution in [2.24, 2.45) is 0 Å². The monoisotopic (exact) mass is 1160 g/mol. The van der Waals surface area contributed by atoms with Crippen molar-refractivity contribution in [3.05, 3.63) is 101 Å². The van der Waals surface area contributed by atoms with Crippen LogP contribution in [0.4, 0.5) is 52.7 Å². The van der Waals surface area contributed by atoms with Gasteiger partial charge in [0.25, 0.3) is 0 Å². The molecule has 0 saturated heterocycles. The average Bonchev–Trinajstić information content (AvgIpc) is 3.25. The molecule has 21 nitrogen and oxygen atoms in total. The summed E-state index contributed by atoms with van der Waals surface area (Å²) in [7, 11) is 0. The summed E-state index contributed by atoms with van der Waals surface area (Å²) in [5, 5.41) is 92.9. The SMILES string of the molecule is N#CC(C#N)=c1c(F)c(F)c(=C(C#N)C#N)c(F)c1F.N#CC(C#N)=c1c(F)c(F)c(=C(C#N)C#N)c(F)c1F.N#CC(C#N)=c1c(F)c(F)c(=C(C#N)C#N)c(F)c1F.O.O.O.[Dy].[OH3+].[OH3+].[OH3+].[OH3+].[OH3+].[OH3+]. The van der Waals surface area contributed by atoms with Gasteiger partial charge in [0.05, 0.1) is 31.3 Å². The smallest absolute Gasteiger partial charge is 0.171 e. The van der Waals surface area contributed by atoms with Gasteiger partial charge in [-0.2, -0.15) is 63.1 Å². The van der Waals surface area contributed by atoms with Crippen molar-refractivity contribution >= 4 is 33.4 Å². The van der Waals surface area contributed by atoms with Gasteiger partial charge in [0.15, 0.2) is 69.8 Å². The van der Waals surface area contributed by atoms with Gasteiger partial charge < -0.3 is 49.3 Å². The largest absolute Gasteiger partial charge is 0.457 e. The van der Waals surface area contributed by atoms with Gasteiger partial charge in [-0.15, -0.1) is 0 Å². The van der Waals surface area contributed by atoms with Crippen molar-refractivity contribution in [1.82, 2.24) is 0 Å². The molecule has 3 aromatic rings. The Bertz CT molecular complexity index is 2650. The molecule has 370 valence electrons. The molecule has 0 aliphatic carbocycles. The summed E-state index contributed by atoms with van der Waals surface area (Å²) in [4.78, 5) is 0. The fourth-order valence-corrected chi connectivity index (χ4v) is 4.03. The van der Waals surface area contributed by atoms with E-state index in [1.54, 1.807) is 0 Å². The average molecular weight is 1160 g/mol. The van der Waals surface area contributed by atoms with Crippen LogP contribution in [-0.2, 0) is 32.9 Å².